The van der Waals surface area contributed by atoms with Gasteiger partial charge in [0, 0.05) is 18.7 Å². The molecule has 1 fully saturated rings. The van der Waals surface area contributed by atoms with E-state index < -0.39 is 0 Å². The Balaban J connectivity index is 2.06. The van der Waals surface area contributed by atoms with E-state index in [1.165, 1.54) is 17.8 Å². The average Bonchev–Trinajstić information content (AvgIpc) is 2.88. The fourth-order valence-electron chi connectivity index (χ4n) is 2.56. The summed E-state index contributed by atoms with van der Waals surface area (Å²) in [6.07, 6.45) is 2.34. The molecule has 0 amide bonds. The fourth-order valence-corrected chi connectivity index (χ4v) is 2.56. The number of hydrogen-bond acceptors (Lipinski definition) is 2. The number of nitrogens with two attached hydrogens (primary N) is 1. The van der Waals surface area contributed by atoms with Gasteiger partial charge in [0.05, 0.1) is 11.0 Å². The van der Waals surface area contributed by atoms with E-state index in [1.54, 1.807) is 0 Å². The lowest BCUT2D eigenvalue weighted by molar-refractivity contribution is 0.584. The molecule has 2 aromatic rings. The van der Waals surface area contributed by atoms with Crippen molar-refractivity contribution in [3.8, 4) is 0 Å². The minimum atomic E-state index is 0.796. The predicted molar refractivity (Wildman–Crippen MR) is 70.8 cm³/mol. The fraction of sp³-hybridized carbons (Fsp3) is 0.500. The van der Waals surface area contributed by atoms with E-state index in [4.69, 9.17) is 5.73 Å². The zero-order chi connectivity index (χ0) is 12.0. The van der Waals surface area contributed by atoms with Gasteiger partial charge in [0.25, 0.3) is 0 Å². The largest absolute Gasteiger partial charge is 0.399 e. The smallest absolute Gasteiger partial charge is 0.109 e. The molecule has 3 heteroatoms. The highest BCUT2D eigenvalue weighted by Crippen LogP contribution is 2.40. The van der Waals surface area contributed by atoms with Gasteiger partial charge >= 0.3 is 0 Å². The van der Waals surface area contributed by atoms with Gasteiger partial charge in [-0.05, 0) is 36.5 Å². The van der Waals surface area contributed by atoms with Crippen molar-refractivity contribution in [2.75, 3.05) is 5.73 Å². The quantitative estimate of drug-likeness (QED) is 0.822. The van der Waals surface area contributed by atoms with Crippen molar-refractivity contribution in [1.29, 1.82) is 0 Å². The first-order valence-electron chi connectivity index (χ1n) is 6.43. The highest BCUT2D eigenvalue weighted by molar-refractivity contribution is 5.79. The number of aryl methyl sites for hydroxylation is 1. The summed E-state index contributed by atoms with van der Waals surface area (Å²) in [4.78, 5) is 4.68. The van der Waals surface area contributed by atoms with Crippen LogP contribution >= 0.6 is 0 Å². The average molecular weight is 229 g/mol. The van der Waals surface area contributed by atoms with E-state index >= 15 is 0 Å². The van der Waals surface area contributed by atoms with Crippen molar-refractivity contribution in [2.24, 2.45) is 11.8 Å². The summed E-state index contributed by atoms with van der Waals surface area (Å²) in [5.41, 5.74) is 8.88. The highest BCUT2D eigenvalue weighted by Gasteiger charge is 2.33. The molecule has 1 aliphatic carbocycles. The maximum atomic E-state index is 5.81. The Kier molecular flexibility index (Phi) is 2.35. The number of nitrogens with zero attached hydrogens (tertiary/aromatic N) is 2. The van der Waals surface area contributed by atoms with Crippen molar-refractivity contribution >= 4 is 16.7 Å². The van der Waals surface area contributed by atoms with Crippen LogP contribution in [0.4, 0.5) is 5.69 Å². The molecule has 0 aliphatic heterocycles. The van der Waals surface area contributed by atoms with Crippen LogP contribution in [0.15, 0.2) is 18.2 Å². The number of imidazole rings is 1. The first-order valence-corrected chi connectivity index (χ1v) is 6.43. The topological polar surface area (TPSA) is 43.8 Å². The van der Waals surface area contributed by atoms with Gasteiger partial charge in [-0.3, -0.25) is 0 Å². The second kappa shape index (κ2) is 3.76. The molecule has 1 aliphatic rings. The van der Waals surface area contributed by atoms with Crippen LogP contribution in [0.1, 0.15) is 26.1 Å². The highest BCUT2D eigenvalue weighted by atomic mass is 15.1. The van der Waals surface area contributed by atoms with Gasteiger partial charge in [0.1, 0.15) is 5.82 Å². The third kappa shape index (κ3) is 1.79. The van der Waals surface area contributed by atoms with Crippen molar-refractivity contribution in [2.45, 2.75) is 33.2 Å². The minimum absolute atomic E-state index is 0.796. The molecule has 1 aromatic heterocycles. The van der Waals surface area contributed by atoms with Crippen LogP contribution in [-0.4, -0.2) is 9.55 Å². The standard InChI is InChI=1S/C14H19N3/c1-3-14-16-12-7-11(15)4-5-13(12)17(14)8-10-6-9(10)2/h4-5,7,9-10H,3,6,8,15H2,1-2H3. The van der Waals surface area contributed by atoms with Gasteiger partial charge in [-0.2, -0.15) is 0 Å². The van der Waals surface area contributed by atoms with E-state index in [-0.39, 0.29) is 0 Å². The predicted octanol–water partition coefficient (Wildman–Crippen LogP) is 2.84. The van der Waals surface area contributed by atoms with Crippen molar-refractivity contribution in [3.63, 3.8) is 0 Å². The number of fused-ring (bicyclic) bond motifs is 1. The Morgan fingerprint density at radius 3 is 2.88 bits per heavy atom. The molecule has 0 spiro atoms. The molecular formula is C14H19N3. The van der Waals surface area contributed by atoms with E-state index in [9.17, 15) is 0 Å². The second-order valence-electron chi connectivity index (χ2n) is 5.21. The molecule has 2 N–H and O–H groups in total. The first-order chi connectivity index (χ1) is 8.19. The summed E-state index contributed by atoms with van der Waals surface area (Å²) >= 11 is 0. The summed E-state index contributed by atoms with van der Waals surface area (Å²) in [6.45, 7) is 5.61. The van der Waals surface area contributed by atoms with Crippen molar-refractivity contribution < 1.29 is 0 Å². The molecule has 90 valence electrons. The van der Waals surface area contributed by atoms with Gasteiger partial charge in [-0.15, -0.1) is 0 Å². The first kappa shape index (κ1) is 10.6. The monoisotopic (exact) mass is 229 g/mol. The lowest BCUT2D eigenvalue weighted by atomic mass is 10.2. The summed E-state index contributed by atoms with van der Waals surface area (Å²) in [5, 5.41) is 0. The van der Waals surface area contributed by atoms with Crippen LogP contribution in [0.2, 0.25) is 0 Å². The Labute approximate surface area is 102 Å². The van der Waals surface area contributed by atoms with Crippen LogP contribution in [0.3, 0.4) is 0 Å². The molecule has 2 unspecified atom stereocenters. The minimum Gasteiger partial charge on any atom is -0.399 e. The van der Waals surface area contributed by atoms with Crippen molar-refractivity contribution in [1.82, 2.24) is 9.55 Å². The molecule has 1 aromatic carbocycles. The van der Waals surface area contributed by atoms with E-state index in [0.717, 1.165) is 36.0 Å². The third-order valence-corrected chi connectivity index (χ3v) is 3.86. The zero-order valence-corrected chi connectivity index (χ0v) is 10.5. The molecule has 3 nitrogen and oxygen atoms in total. The second-order valence-corrected chi connectivity index (χ2v) is 5.21. The van der Waals surface area contributed by atoms with E-state index in [2.05, 4.69) is 29.5 Å². The SMILES string of the molecule is CCc1nc2cc(N)ccc2n1CC1CC1C. The normalized spacial score (nSPS) is 23.2. The number of anilines is 1. The van der Waals surface area contributed by atoms with Crippen LogP contribution in [0.25, 0.3) is 11.0 Å². The molecule has 3 rings (SSSR count). The molecule has 1 saturated carbocycles. The van der Waals surface area contributed by atoms with E-state index in [1.807, 2.05) is 12.1 Å². The summed E-state index contributed by atoms with van der Waals surface area (Å²) in [5.74, 6) is 2.91. The number of aromatic nitrogens is 2. The lowest BCUT2D eigenvalue weighted by Gasteiger charge is -2.07. The lowest BCUT2D eigenvalue weighted by Crippen LogP contribution is -2.05. The summed E-state index contributed by atoms with van der Waals surface area (Å²) in [7, 11) is 0. The third-order valence-electron chi connectivity index (χ3n) is 3.86. The Morgan fingerprint density at radius 1 is 1.47 bits per heavy atom. The maximum absolute atomic E-state index is 5.81. The van der Waals surface area contributed by atoms with Gasteiger partial charge in [0.15, 0.2) is 0 Å². The number of hydrogen-bond donors (Lipinski definition) is 1. The molecule has 17 heavy (non-hydrogen) atoms. The van der Waals surface area contributed by atoms with Gasteiger partial charge < -0.3 is 10.3 Å². The molecule has 2 atom stereocenters. The Bertz CT molecular complexity index is 556. The Morgan fingerprint density at radius 2 is 2.24 bits per heavy atom. The maximum Gasteiger partial charge on any atom is 0.109 e. The number of benzene rings is 1. The van der Waals surface area contributed by atoms with Crippen molar-refractivity contribution in [3.05, 3.63) is 24.0 Å². The molecule has 1 heterocycles. The summed E-state index contributed by atoms with van der Waals surface area (Å²) < 4.78 is 2.38. The molecule has 0 radical (unpaired) electrons. The molecular weight excluding hydrogens is 210 g/mol. The van der Waals surface area contributed by atoms with Crippen LogP contribution in [0.5, 0.6) is 0 Å². The number of nitrogen functional groups attached to an aromatic ring is 1. The van der Waals surface area contributed by atoms with Crippen LogP contribution < -0.4 is 5.73 Å². The molecule has 0 bridgehead atoms. The summed E-state index contributed by atoms with van der Waals surface area (Å²) in [6, 6.07) is 6.04. The van der Waals surface area contributed by atoms with E-state index in [0.29, 0.717) is 0 Å². The zero-order valence-electron chi connectivity index (χ0n) is 10.5. The van der Waals surface area contributed by atoms with Crippen LogP contribution in [0, 0.1) is 11.8 Å². The Hall–Kier alpha value is -1.51. The molecule has 0 saturated heterocycles. The van der Waals surface area contributed by atoms with Gasteiger partial charge in [-0.25, -0.2) is 4.98 Å². The van der Waals surface area contributed by atoms with Gasteiger partial charge in [0.2, 0.25) is 0 Å². The van der Waals surface area contributed by atoms with Crippen LogP contribution in [-0.2, 0) is 13.0 Å². The van der Waals surface area contributed by atoms with Gasteiger partial charge in [-0.1, -0.05) is 13.8 Å². The number of rotatable bonds is 3.